The summed E-state index contributed by atoms with van der Waals surface area (Å²) in [5.74, 6) is 0.863. The first-order valence-electron chi connectivity index (χ1n) is 7.44. The zero-order valence-corrected chi connectivity index (χ0v) is 15.3. The molecule has 21 heavy (non-hydrogen) atoms. The van der Waals surface area contributed by atoms with E-state index in [0.717, 1.165) is 16.4 Å². The number of hydrogen-bond donors (Lipinski definition) is 0. The van der Waals surface area contributed by atoms with Gasteiger partial charge in [-0.15, -0.1) is 0 Å². The van der Waals surface area contributed by atoms with Crippen LogP contribution in [-0.2, 0) is 9.63 Å². The van der Waals surface area contributed by atoms with Gasteiger partial charge in [-0.05, 0) is 17.9 Å². The maximum absolute atomic E-state index is 12.9. The van der Waals surface area contributed by atoms with Gasteiger partial charge in [-0.2, -0.15) is 0 Å². The molecule has 0 radical (unpaired) electrons. The molecule has 0 saturated carbocycles. The van der Waals surface area contributed by atoms with Crippen LogP contribution in [0.5, 0.6) is 0 Å². The van der Waals surface area contributed by atoms with Crippen molar-refractivity contribution in [2.24, 2.45) is 17.3 Å². The van der Waals surface area contributed by atoms with Crippen molar-refractivity contribution in [2.75, 3.05) is 11.5 Å². The SMILES string of the molecule is CON1C(=O)[C@@](C)(CC(C)C)[C@@H](CI)[C@@H]1c1ccccc1. The summed E-state index contributed by atoms with van der Waals surface area (Å²) in [7, 11) is 1.60. The highest BCUT2D eigenvalue weighted by molar-refractivity contribution is 14.1. The van der Waals surface area contributed by atoms with Crippen molar-refractivity contribution in [3.8, 4) is 0 Å². The zero-order chi connectivity index (χ0) is 15.6. The van der Waals surface area contributed by atoms with Crippen molar-refractivity contribution >= 4 is 28.5 Å². The van der Waals surface area contributed by atoms with Crippen LogP contribution in [-0.4, -0.2) is 22.5 Å². The predicted molar refractivity (Wildman–Crippen MR) is 93.0 cm³/mol. The van der Waals surface area contributed by atoms with Gasteiger partial charge >= 0.3 is 0 Å². The van der Waals surface area contributed by atoms with Crippen LogP contribution < -0.4 is 0 Å². The number of hydrogen-bond acceptors (Lipinski definition) is 2. The summed E-state index contributed by atoms with van der Waals surface area (Å²) in [6.45, 7) is 6.46. The molecule has 4 heteroatoms. The van der Waals surface area contributed by atoms with Crippen molar-refractivity contribution in [2.45, 2.75) is 33.2 Å². The third kappa shape index (κ3) is 2.97. The maximum Gasteiger partial charge on any atom is 0.253 e. The largest absolute Gasteiger partial charge is 0.274 e. The molecule has 0 aliphatic carbocycles. The van der Waals surface area contributed by atoms with Gasteiger partial charge in [0.15, 0.2) is 0 Å². The smallest absolute Gasteiger partial charge is 0.253 e. The monoisotopic (exact) mass is 401 g/mol. The van der Waals surface area contributed by atoms with Gasteiger partial charge in [0.25, 0.3) is 5.91 Å². The van der Waals surface area contributed by atoms with Crippen molar-refractivity contribution in [1.29, 1.82) is 0 Å². The third-order valence-corrected chi connectivity index (χ3v) is 5.43. The minimum absolute atomic E-state index is 0.00403. The van der Waals surface area contributed by atoms with Gasteiger partial charge in [-0.25, -0.2) is 5.06 Å². The molecule has 1 saturated heterocycles. The molecule has 0 bridgehead atoms. The van der Waals surface area contributed by atoms with Crippen LogP contribution in [0.15, 0.2) is 30.3 Å². The lowest BCUT2D eigenvalue weighted by Gasteiger charge is -2.30. The summed E-state index contributed by atoms with van der Waals surface area (Å²) in [6, 6.07) is 10.2. The molecule has 0 unspecified atom stereocenters. The predicted octanol–water partition coefficient (Wildman–Crippen LogP) is 4.23. The second-order valence-corrected chi connectivity index (χ2v) is 7.33. The van der Waals surface area contributed by atoms with Gasteiger partial charge in [0.1, 0.15) is 0 Å². The fourth-order valence-electron chi connectivity index (χ4n) is 3.60. The van der Waals surface area contributed by atoms with Gasteiger partial charge < -0.3 is 0 Å². The van der Waals surface area contributed by atoms with E-state index in [1.165, 1.54) is 0 Å². The van der Waals surface area contributed by atoms with Gasteiger partial charge in [0, 0.05) is 10.3 Å². The van der Waals surface area contributed by atoms with Crippen LogP contribution in [0.3, 0.4) is 0 Å². The van der Waals surface area contributed by atoms with Gasteiger partial charge in [0.05, 0.1) is 18.6 Å². The van der Waals surface area contributed by atoms with Crippen molar-refractivity contribution in [1.82, 2.24) is 5.06 Å². The Morgan fingerprint density at radius 3 is 2.43 bits per heavy atom. The van der Waals surface area contributed by atoms with E-state index in [4.69, 9.17) is 4.84 Å². The summed E-state index contributed by atoms with van der Waals surface area (Å²) in [6.07, 6.45) is 0.892. The lowest BCUT2D eigenvalue weighted by molar-refractivity contribution is -0.183. The normalized spacial score (nSPS) is 29.4. The second kappa shape index (κ2) is 6.65. The van der Waals surface area contributed by atoms with E-state index in [-0.39, 0.29) is 23.3 Å². The highest BCUT2D eigenvalue weighted by Crippen LogP contribution is 2.52. The standard InChI is InChI=1S/C17H24INO2/c1-12(2)10-17(3)14(11-18)15(19(21-4)16(17)20)13-8-6-5-7-9-13/h5-9,12,14-15H,10-11H2,1-4H3/t14-,15-,17-/m0/s1. The first kappa shape index (κ1) is 16.7. The lowest BCUT2D eigenvalue weighted by Crippen LogP contribution is -2.35. The quantitative estimate of drug-likeness (QED) is 0.546. The number of carbonyl (C=O) groups is 1. The van der Waals surface area contributed by atoms with Crippen LogP contribution in [0.2, 0.25) is 0 Å². The molecule has 1 aliphatic heterocycles. The molecule has 2 rings (SSSR count). The van der Waals surface area contributed by atoms with Crippen LogP contribution in [0.1, 0.15) is 38.8 Å². The molecule has 1 fully saturated rings. The van der Waals surface area contributed by atoms with E-state index in [1.807, 2.05) is 18.2 Å². The summed E-state index contributed by atoms with van der Waals surface area (Å²) < 4.78 is 0.937. The van der Waals surface area contributed by atoms with E-state index >= 15 is 0 Å². The summed E-state index contributed by atoms with van der Waals surface area (Å²) in [4.78, 5) is 18.4. The Bertz CT molecular complexity index is 491. The summed E-state index contributed by atoms with van der Waals surface area (Å²) in [5, 5.41) is 1.60. The molecule has 0 spiro atoms. The first-order valence-corrected chi connectivity index (χ1v) is 8.97. The Morgan fingerprint density at radius 2 is 1.95 bits per heavy atom. The van der Waals surface area contributed by atoms with Gasteiger partial charge in [-0.1, -0.05) is 73.7 Å². The van der Waals surface area contributed by atoms with Crippen molar-refractivity contribution < 1.29 is 9.63 Å². The highest BCUT2D eigenvalue weighted by atomic mass is 127. The molecular weight excluding hydrogens is 377 g/mol. The van der Waals surface area contributed by atoms with Crippen LogP contribution in [0, 0.1) is 17.3 Å². The van der Waals surface area contributed by atoms with E-state index in [9.17, 15) is 4.79 Å². The van der Waals surface area contributed by atoms with E-state index < -0.39 is 0 Å². The molecule has 3 nitrogen and oxygen atoms in total. The fraction of sp³-hybridized carbons (Fsp3) is 0.588. The minimum atomic E-state index is -0.355. The number of benzene rings is 1. The number of nitrogens with zero attached hydrogens (tertiary/aromatic N) is 1. The van der Waals surface area contributed by atoms with Crippen LogP contribution >= 0.6 is 22.6 Å². The van der Waals surface area contributed by atoms with Crippen molar-refractivity contribution in [3.05, 3.63) is 35.9 Å². The molecular formula is C17H24INO2. The first-order chi connectivity index (χ1) is 9.95. The Labute approximate surface area is 141 Å². The third-order valence-electron chi connectivity index (χ3n) is 4.48. The molecule has 1 heterocycles. The number of amides is 1. The maximum atomic E-state index is 12.9. The average Bonchev–Trinajstić information content (AvgIpc) is 2.67. The summed E-state index contributed by atoms with van der Waals surface area (Å²) >= 11 is 2.41. The van der Waals surface area contributed by atoms with Crippen LogP contribution in [0.4, 0.5) is 0 Å². The lowest BCUT2D eigenvalue weighted by atomic mass is 9.71. The molecule has 1 aromatic carbocycles. The topological polar surface area (TPSA) is 29.5 Å². The van der Waals surface area contributed by atoms with Gasteiger partial charge in [0.2, 0.25) is 0 Å². The minimum Gasteiger partial charge on any atom is -0.274 e. The number of rotatable bonds is 5. The number of hydroxylamine groups is 2. The van der Waals surface area contributed by atoms with E-state index in [0.29, 0.717) is 5.92 Å². The number of halogens is 1. The Morgan fingerprint density at radius 1 is 1.33 bits per heavy atom. The van der Waals surface area contributed by atoms with E-state index in [2.05, 4.69) is 55.5 Å². The second-order valence-electron chi connectivity index (χ2n) is 6.45. The molecule has 1 aromatic rings. The zero-order valence-electron chi connectivity index (χ0n) is 13.2. The molecule has 0 aromatic heterocycles. The molecule has 3 atom stereocenters. The van der Waals surface area contributed by atoms with Gasteiger partial charge in [-0.3, -0.25) is 9.63 Å². The van der Waals surface area contributed by atoms with Crippen molar-refractivity contribution in [3.63, 3.8) is 0 Å². The Hall–Kier alpha value is -0.620. The molecule has 1 amide bonds. The molecule has 1 aliphatic rings. The fourth-order valence-corrected chi connectivity index (χ4v) is 5.06. The highest BCUT2D eigenvalue weighted by Gasteiger charge is 2.56. The summed E-state index contributed by atoms with van der Waals surface area (Å²) in [5.41, 5.74) is 0.799. The number of alkyl halides is 1. The Kier molecular flexibility index (Phi) is 5.30. The van der Waals surface area contributed by atoms with E-state index in [1.54, 1.807) is 12.2 Å². The molecule has 116 valence electrons. The number of carbonyl (C=O) groups excluding carboxylic acids is 1. The van der Waals surface area contributed by atoms with Crippen LogP contribution in [0.25, 0.3) is 0 Å². The average molecular weight is 401 g/mol. The Balaban J connectivity index is 2.46. The molecule has 0 N–H and O–H groups in total.